The first-order chi connectivity index (χ1) is 13.5. The van der Waals surface area contributed by atoms with Gasteiger partial charge in [-0.1, -0.05) is 29.8 Å². The number of carbonyl (C=O) groups excluding carboxylic acids is 2. The number of imide groups is 1. The minimum absolute atomic E-state index is 0.152. The van der Waals surface area contributed by atoms with Gasteiger partial charge in [0.1, 0.15) is 22.9 Å². The second-order valence-corrected chi connectivity index (χ2v) is 6.31. The summed E-state index contributed by atoms with van der Waals surface area (Å²) in [5.74, 6) is 1.07. The van der Waals surface area contributed by atoms with Crippen LogP contribution in [0.2, 0.25) is 0 Å². The van der Waals surface area contributed by atoms with E-state index in [0.29, 0.717) is 22.8 Å². The molecular formula is C21H22N2O5. The van der Waals surface area contributed by atoms with Crippen LogP contribution in [0.4, 0.5) is 4.79 Å². The van der Waals surface area contributed by atoms with E-state index in [9.17, 15) is 9.59 Å². The number of amides is 3. The van der Waals surface area contributed by atoms with E-state index in [0.717, 1.165) is 11.1 Å². The zero-order valence-electron chi connectivity index (χ0n) is 16.2. The molecule has 2 aromatic carbocycles. The molecule has 146 valence electrons. The van der Waals surface area contributed by atoms with Gasteiger partial charge in [0.15, 0.2) is 0 Å². The van der Waals surface area contributed by atoms with Crippen molar-refractivity contribution in [2.24, 2.45) is 0 Å². The number of hydrogen-bond donors (Lipinski definition) is 1. The molecule has 0 aliphatic carbocycles. The van der Waals surface area contributed by atoms with Crippen LogP contribution in [-0.4, -0.2) is 38.2 Å². The van der Waals surface area contributed by atoms with E-state index in [1.54, 1.807) is 18.2 Å². The lowest BCUT2D eigenvalue weighted by molar-refractivity contribution is -0.123. The van der Waals surface area contributed by atoms with E-state index >= 15 is 0 Å². The van der Waals surface area contributed by atoms with Crippen molar-refractivity contribution >= 4 is 18.0 Å². The number of methoxy groups -OCH3 is 3. The Bertz CT molecular complexity index is 927. The zero-order valence-corrected chi connectivity index (χ0v) is 16.2. The predicted molar refractivity (Wildman–Crippen MR) is 104 cm³/mol. The first-order valence-corrected chi connectivity index (χ1v) is 8.67. The standard InChI is InChI=1S/C21H22N2O5/c1-13-6-5-7-14(8-13)12-23-20(24)17(22-21(23)25)11-16-18(27-3)9-15(26-2)10-19(16)28-4/h5-11H,12H2,1-4H3,(H,22,25)/b17-11+. The Hall–Kier alpha value is -3.48. The molecule has 0 radical (unpaired) electrons. The van der Waals surface area contributed by atoms with Gasteiger partial charge in [-0.15, -0.1) is 0 Å². The Kier molecular flexibility index (Phi) is 5.54. The van der Waals surface area contributed by atoms with Crippen molar-refractivity contribution in [1.29, 1.82) is 0 Å². The van der Waals surface area contributed by atoms with Gasteiger partial charge in [0.2, 0.25) is 0 Å². The number of aryl methyl sites for hydroxylation is 1. The number of ether oxygens (including phenoxy) is 3. The smallest absolute Gasteiger partial charge is 0.329 e. The van der Waals surface area contributed by atoms with Gasteiger partial charge in [-0.05, 0) is 18.6 Å². The molecule has 0 saturated carbocycles. The summed E-state index contributed by atoms with van der Waals surface area (Å²) in [6, 6.07) is 10.6. The van der Waals surface area contributed by atoms with Crippen LogP contribution in [0, 0.1) is 6.92 Å². The second-order valence-electron chi connectivity index (χ2n) is 6.31. The normalized spacial score (nSPS) is 15.0. The first kappa shape index (κ1) is 19.3. The lowest BCUT2D eigenvalue weighted by Gasteiger charge is -2.13. The largest absolute Gasteiger partial charge is 0.496 e. The molecule has 1 heterocycles. The van der Waals surface area contributed by atoms with Crippen molar-refractivity contribution in [3.8, 4) is 17.2 Å². The average molecular weight is 382 g/mol. The Morgan fingerprint density at radius 3 is 2.25 bits per heavy atom. The number of benzene rings is 2. The van der Waals surface area contributed by atoms with Crippen LogP contribution in [0.5, 0.6) is 17.2 Å². The molecule has 3 amide bonds. The Labute approximate surface area is 163 Å². The van der Waals surface area contributed by atoms with Gasteiger partial charge in [0, 0.05) is 12.1 Å². The summed E-state index contributed by atoms with van der Waals surface area (Å²) in [6.45, 7) is 2.16. The summed E-state index contributed by atoms with van der Waals surface area (Å²) < 4.78 is 16.0. The molecule has 0 aromatic heterocycles. The molecule has 3 rings (SSSR count). The highest BCUT2D eigenvalue weighted by Crippen LogP contribution is 2.36. The highest BCUT2D eigenvalue weighted by atomic mass is 16.5. The van der Waals surface area contributed by atoms with Crippen LogP contribution in [-0.2, 0) is 11.3 Å². The molecule has 7 heteroatoms. The van der Waals surface area contributed by atoms with E-state index in [-0.39, 0.29) is 12.2 Å². The predicted octanol–water partition coefficient (Wildman–Crippen LogP) is 3.11. The molecule has 1 N–H and O–H groups in total. The van der Waals surface area contributed by atoms with E-state index in [4.69, 9.17) is 14.2 Å². The molecule has 1 fully saturated rings. The highest BCUT2D eigenvalue weighted by molar-refractivity contribution is 6.14. The van der Waals surface area contributed by atoms with Crippen LogP contribution in [0.3, 0.4) is 0 Å². The summed E-state index contributed by atoms with van der Waals surface area (Å²) in [5, 5.41) is 2.62. The number of hydrogen-bond acceptors (Lipinski definition) is 5. The average Bonchev–Trinajstić information content (AvgIpc) is 2.95. The van der Waals surface area contributed by atoms with E-state index < -0.39 is 11.9 Å². The van der Waals surface area contributed by atoms with Crippen molar-refractivity contribution in [3.63, 3.8) is 0 Å². The Morgan fingerprint density at radius 2 is 1.68 bits per heavy atom. The summed E-state index contributed by atoms with van der Waals surface area (Å²) >= 11 is 0. The fourth-order valence-electron chi connectivity index (χ4n) is 3.03. The summed E-state index contributed by atoms with van der Waals surface area (Å²) in [6.07, 6.45) is 1.55. The van der Waals surface area contributed by atoms with Crippen molar-refractivity contribution < 1.29 is 23.8 Å². The lowest BCUT2D eigenvalue weighted by Crippen LogP contribution is -2.30. The van der Waals surface area contributed by atoms with Crippen LogP contribution in [0.25, 0.3) is 6.08 Å². The highest BCUT2D eigenvalue weighted by Gasteiger charge is 2.34. The maximum atomic E-state index is 12.8. The van der Waals surface area contributed by atoms with Gasteiger partial charge >= 0.3 is 6.03 Å². The van der Waals surface area contributed by atoms with Crippen LogP contribution in [0.15, 0.2) is 42.1 Å². The fraction of sp³-hybridized carbons (Fsp3) is 0.238. The van der Waals surface area contributed by atoms with Crippen LogP contribution >= 0.6 is 0 Å². The van der Waals surface area contributed by atoms with Gasteiger partial charge in [0.25, 0.3) is 5.91 Å². The Morgan fingerprint density at radius 1 is 1.00 bits per heavy atom. The van der Waals surface area contributed by atoms with Crippen molar-refractivity contribution in [3.05, 3.63) is 58.8 Å². The maximum absolute atomic E-state index is 12.8. The first-order valence-electron chi connectivity index (χ1n) is 8.67. The monoisotopic (exact) mass is 382 g/mol. The summed E-state index contributed by atoms with van der Waals surface area (Å²) in [5.41, 5.74) is 2.63. The molecule has 0 atom stereocenters. The van der Waals surface area contributed by atoms with E-state index in [2.05, 4.69) is 5.32 Å². The molecule has 0 bridgehead atoms. The molecule has 7 nitrogen and oxygen atoms in total. The van der Waals surface area contributed by atoms with Gasteiger partial charge in [-0.2, -0.15) is 0 Å². The topological polar surface area (TPSA) is 77.1 Å². The van der Waals surface area contributed by atoms with Crippen molar-refractivity contribution in [2.75, 3.05) is 21.3 Å². The molecule has 0 spiro atoms. The number of carbonyl (C=O) groups is 2. The maximum Gasteiger partial charge on any atom is 0.329 e. The number of rotatable bonds is 6. The molecule has 28 heavy (non-hydrogen) atoms. The van der Waals surface area contributed by atoms with Gasteiger partial charge in [-0.25, -0.2) is 4.79 Å². The SMILES string of the molecule is COc1cc(OC)c(/C=C2/NC(=O)N(Cc3cccc(C)c3)C2=O)c(OC)c1. The third-order valence-corrected chi connectivity index (χ3v) is 4.43. The van der Waals surface area contributed by atoms with E-state index in [1.807, 2.05) is 31.2 Å². The minimum atomic E-state index is -0.468. The van der Waals surface area contributed by atoms with Crippen LogP contribution in [0.1, 0.15) is 16.7 Å². The molecular weight excluding hydrogens is 360 g/mol. The minimum Gasteiger partial charge on any atom is -0.496 e. The lowest BCUT2D eigenvalue weighted by atomic mass is 10.1. The quantitative estimate of drug-likeness (QED) is 0.614. The van der Waals surface area contributed by atoms with Gasteiger partial charge < -0.3 is 19.5 Å². The summed E-state index contributed by atoms with van der Waals surface area (Å²) in [4.78, 5) is 26.3. The molecule has 0 unspecified atom stereocenters. The second kappa shape index (κ2) is 8.04. The fourth-order valence-corrected chi connectivity index (χ4v) is 3.03. The third kappa shape index (κ3) is 3.78. The molecule has 1 aliphatic rings. The van der Waals surface area contributed by atoms with Gasteiger partial charge in [0.05, 0.1) is 33.4 Å². The number of urea groups is 1. The Balaban J connectivity index is 1.93. The number of nitrogens with one attached hydrogen (secondary N) is 1. The number of nitrogens with zero attached hydrogens (tertiary/aromatic N) is 1. The zero-order chi connectivity index (χ0) is 20.3. The van der Waals surface area contributed by atoms with E-state index in [1.165, 1.54) is 26.2 Å². The molecule has 2 aromatic rings. The van der Waals surface area contributed by atoms with Gasteiger partial charge in [-0.3, -0.25) is 9.69 Å². The summed E-state index contributed by atoms with van der Waals surface area (Å²) in [7, 11) is 4.56. The molecule has 1 saturated heterocycles. The van der Waals surface area contributed by atoms with Crippen LogP contribution < -0.4 is 19.5 Å². The molecule has 1 aliphatic heterocycles. The van der Waals surface area contributed by atoms with Crippen molar-refractivity contribution in [1.82, 2.24) is 10.2 Å². The van der Waals surface area contributed by atoms with Crippen molar-refractivity contribution in [2.45, 2.75) is 13.5 Å². The third-order valence-electron chi connectivity index (χ3n) is 4.43.